The van der Waals surface area contributed by atoms with E-state index in [1.54, 1.807) is 14.0 Å². The van der Waals surface area contributed by atoms with Crippen LogP contribution in [0.3, 0.4) is 0 Å². The number of carbonyl (C=O) groups is 3. The Morgan fingerprint density at radius 2 is 1.96 bits per heavy atom. The number of benzene rings is 1. The molecular formula is C20H29N3O4. The van der Waals surface area contributed by atoms with Gasteiger partial charge in [-0.15, -0.1) is 0 Å². The van der Waals surface area contributed by atoms with Crippen LogP contribution >= 0.6 is 0 Å². The Hall–Kier alpha value is -2.57. The number of ether oxygens (including phenoxy) is 1. The summed E-state index contributed by atoms with van der Waals surface area (Å²) in [5.41, 5.74) is -0.0976. The molecular weight excluding hydrogens is 346 g/mol. The molecule has 2 rings (SSSR count). The molecule has 0 aliphatic carbocycles. The van der Waals surface area contributed by atoms with E-state index < -0.39 is 11.6 Å². The van der Waals surface area contributed by atoms with Gasteiger partial charge < -0.3 is 15.4 Å². The van der Waals surface area contributed by atoms with Crippen LogP contribution in [0.15, 0.2) is 24.3 Å². The van der Waals surface area contributed by atoms with Gasteiger partial charge in [-0.2, -0.15) is 0 Å². The average molecular weight is 375 g/mol. The summed E-state index contributed by atoms with van der Waals surface area (Å²) in [5, 5.41) is 5.48. The number of imide groups is 1. The molecule has 1 aromatic rings. The lowest BCUT2D eigenvalue weighted by atomic mass is 9.94. The standard InChI is InChI=1S/C20H29N3O4/c1-4-5-6-9-12-20(2)18(25)23(19(26)22-20)14-17(24)21-13-15-10-7-8-11-16(15)27-3/h7-8,10-11H,4-6,9,12-14H2,1-3H3,(H,21,24)(H,22,26). The molecule has 4 amide bonds. The van der Waals surface area contributed by atoms with E-state index in [9.17, 15) is 14.4 Å². The topological polar surface area (TPSA) is 87.7 Å². The number of rotatable bonds is 10. The van der Waals surface area contributed by atoms with Gasteiger partial charge in [-0.1, -0.05) is 50.8 Å². The van der Waals surface area contributed by atoms with Gasteiger partial charge in [-0.25, -0.2) is 4.79 Å². The highest BCUT2D eigenvalue weighted by atomic mass is 16.5. The zero-order chi connectivity index (χ0) is 19.9. The number of nitrogens with one attached hydrogen (secondary N) is 2. The van der Waals surface area contributed by atoms with Crippen molar-refractivity contribution < 1.29 is 19.1 Å². The van der Waals surface area contributed by atoms with Crippen molar-refractivity contribution in [3.63, 3.8) is 0 Å². The number of urea groups is 1. The molecule has 1 heterocycles. The van der Waals surface area contributed by atoms with Crippen LogP contribution in [0.4, 0.5) is 4.79 Å². The predicted octanol–water partition coefficient (Wildman–Crippen LogP) is 2.59. The van der Waals surface area contributed by atoms with Crippen LogP contribution < -0.4 is 15.4 Å². The van der Waals surface area contributed by atoms with Crippen molar-refractivity contribution in [3.05, 3.63) is 29.8 Å². The van der Waals surface area contributed by atoms with Gasteiger partial charge in [-0.3, -0.25) is 14.5 Å². The molecule has 1 aliphatic heterocycles. The van der Waals surface area contributed by atoms with Gasteiger partial charge >= 0.3 is 6.03 Å². The Morgan fingerprint density at radius 1 is 1.22 bits per heavy atom. The first kappa shape index (κ1) is 20.7. The molecule has 0 radical (unpaired) electrons. The van der Waals surface area contributed by atoms with Crippen LogP contribution in [0.1, 0.15) is 51.5 Å². The molecule has 1 atom stereocenters. The maximum absolute atomic E-state index is 12.7. The summed E-state index contributed by atoms with van der Waals surface area (Å²) in [6.07, 6.45) is 4.68. The lowest BCUT2D eigenvalue weighted by Gasteiger charge is -2.21. The maximum Gasteiger partial charge on any atom is 0.325 e. The number of hydrogen-bond donors (Lipinski definition) is 2. The SMILES string of the molecule is CCCCCCC1(C)NC(=O)N(CC(=O)NCc2ccccc2OC)C1=O. The fourth-order valence-corrected chi connectivity index (χ4v) is 3.21. The minimum Gasteiger partial charge on any atom is -0.496 e. The number of amides is 4. The summed E-state index contributed by atoms with van der Waals surface area (Å²) in [5.74, 6) is -0.0523. The van der Waals surface area contributed by atoms with Crippen LogP contribution in [0.5, 0.6) is 5.75 Å². The van der Waals surface area contributed by atoms with Crippen molar-refractivity contribution in [1.82, 2.24) is 15.5 Å². The Balaban J connectivity index is 1.89. The fourth-order valence-electron chi connectivity index (χ4n) is 3.21. The van der Waals surface area contributed by atoms with Gasteiger partial charge in [0.1, 0.15) is 17.8 Å². The molecule has 0 bridgehead atoms. The monoisotopic (exact) mass is 375 g/mol. The van der Waals surface area contributed by atoms with E-state index >= 15 is 0 Å². The van der Waals surface area contributed by atoms with E-state index in [0.29, 0.717) is 12.2 Å². The highest BCUT2D eigenvalue weighted by molar-refractivity contribution is 6.08. The molecule has 1 fully saturated rings. The first-order valence-corrected chi connectivity index (χ1v) is 9.44. The Kier molecular flexibility index (Phi) is 7.21. The van der Waals surface area contributed by atoms with Crippen LogP contribution in [-0.4, -0.2) is 41.9 Å². The largest absolute Gasteiger partial charge is 0.496 e. The number of carbonyl (C=O) groups excluding carboxylic acids is 3. The van der Waals surface area contributed by atoms with Gasteiger partial charge in [0.2, 0.25) is 5.91 Å². The molecule has 0 saturated carbocycles. The second kappa shape index (κ2) is 9.39. The highest BCUT2D eigenvalue weighted by Gasteiger charge is 2.47. The number of para-hydroxylation sites is 1. The molecule has 7 nitrogen and oxygen atoms in total. The minimum atomic E-state index is -0.923. The van der Waals surface area contributed by atoms with Crippen molar-refractivity contribution in [2.24, 2.45) is 0 Å². The predicted molar refractivity (Wildman–Crippen MR) is 102 cm³/mol. The number of nitrogens with zero attached hydrogens (tertiary/aromatic N) is 1. The second-order valence-electron chi connectivity index (χ2n) is 7.05. The molecule has 0 aromatic heterocycles. The van der Waals surface area contributed by atoms with Crippen LogP contribution in [-0.2, 0) is 16.1 Å². The molecule has 148 valence electrons. The summed E-state index contributed by atoms with van der Waals surface area (Å²) >= 11 is 0. The van der Waals surface area contributed by atoms with Crippen LogP contribution in [0, 0.1) is 0 Å². The summed E-state index contributed by atoms with van der Waals surface area (Å²) < 4.78 is 5.25. The van der Waals surface area contributed by atoms with Gasteiger partial charge in [0.15, 0.2) is 0 Å². The van der Waals surface area contributed by atoms with Gasteiger partial charge in [0, 0.05) is 12.1 Å². The number of hydrogen-bond acceptors (Lipinski definition) is 4. The van der Waals surface area contributed by atoms with E-state index in [1.807, 2.05) is 24.3 Å². The Labute approximate surface area is 160 Å². The third-order valence-electron chi connectivity index (χ3n) is 4.85. The first-order chi connectivity index (χ1) is 12.9. The Morgan fingerprint density at radius 3 is 2.67 bits per heavy atom. The van der Waals surface area contributed by atoms with E-state index in [4.69, 9.17) is 4.74 Å². The van der Waals surface area contributed by atoms with Crippen molar-refractivity contribution in [2.75, 3.05) is 13.7 Å². The maximum atomic E-state index is 12.7. The van der Waals surface area contributed by atoms with Crippen molar-refractivity contribution in [2.45, 2.75) is 58.0 Å². The molecule has 0 spiro atoms. The van der Waals surface area contributed by atoms with E-state index in [-0.39, 0.29) is 24.9 Å². The third-order valence-corrected chi connectivity index (χ3v) is 4.85. The highest BCUT2D eigenvalue weighted by Crippen LogP contribution is 2.24. The lowest BCUT2D eigenvalue weighted by Crippen LogP contribution is -2.45. The van der Waals surface area contributed by atoms with E-state index in [1.165, 1.54) is 0 Å². The van der Waals surface area contributed by atoms with Crippen molar-refractivity contribution in [3.8, 4) is 5.75 Å². The minimum absolute atomic E-state index is 0.265. The quantitative estimate of drug-likeness (QED) is 0.486. The zero-order valence-corrected chi connectivity index (χ0v) is 16.3. The molecule has 1 aromatic carbocycles. The summed E-state index contributed by atoms with van der Waals surface area (Å²) in [6, 6.07) is 6.85. The molecule has 2 N–H and O–H groups in total. The molecule has 1 unspecified atom stereocenters. The molecule has 1 aliphatic rings. The molecule has 7 heteroatoms. The number of unbranched alkanes of at least 4 members (excludes halogenated alkanes) is 3. The van der Waals surface area contributed by atoms with Crippen LogP contribution in [0.25, 0.3) is 0 Å². The third kappa shape index (κ3) is 5.21. The summed E-state index contributed by atoms with van der Waals surface area (Å²) in [4.78, 5) is 38.1. The van der Waals surface area contributed by atoms with E-state index in [0.717, 1.165) is 36.1 Å². The normalized spacial score (nSPS) is 19.1. The first-order valence-electron chi connectivity index (χ1n) is 9.44. The van der Waals surface area contributed by atoms with E-state index in [2.05, 4.69) is 17.6 Å². The number of methoxy groups -OCH3 is 1. The fraction of sp³-hybridized carbons (Fsp3) is 0.550. The summed E-state index contributed by atoms with van der Waals surface area (Å²) in [6.45, 7) is 3.83. The molecule has 1 saturated heterocycles. The molecule has 27 heavy (non-hydrogen) atoms. The summed E-state index contributed by atoms with van der Waals surface area (Å²) in [7, 11) is 1.56. The van der Waals surface area contributed by atoms with Gasteiger partial charge in [-0.05, 0) is 19.4 Å². The van der Waals surface area contributed by atoms with Gasteiger partial charge in [0.05, 0.1) is 7.11 Å². The zero-order valence-electron chi connectivity index (χ0n) is 16.3. The average Bonchev–Trinajstić information content (AvgIpc) is 2.87. The van der Waals surface area contributed by atoms with Crippen molar-refractivity contribution >= 4 is 17.8 Å². The van der Waals surface area contributed by atoms with Crippen molar-refractivity contribution in [1.29, 1.82) is 0 Å². The van der Waals surface area contributed by atoms with Gasteiger partial charge in [0.25, 0.3) is 5.91 Å². The Bertz CT molecular complexity index is 692. The smallest absolute Gasteiger partial charge is 0.325 e. The van der Waals surface area contributed by atoms with Crippen LogP contribution in [0.2, 0.25) is 0 Å². The lowest BCUT2D eigenvalue weighted by molar-refractivity contribution is -0.134. The second-order valence-corrected chi connectivity index (χ2v) is 7.05.